The predicted molar refractivity (Wildman–Crippen MR) is 112 cm³/mol. The number of ether oxygens (including phenoxy) is 3. The van der Waals surface area contributed by atoms with Crippen LogP contribution >= 0.6 is 0 Å². The van der Waals surface area contributed by atoms with Gasteiger partial charge in [0.1, 0.15) is 0 Å². The lowest BCUT2D eigenvalue weighted by Crippen LogP contribution is -2.76. The number of hydrogen-bond acceptors (Lipinski definition) is 7. The van der Waals surface area contributed by atoms with Crippen molar-refractivity contribution >= 4 is 0 Å². The lowest BCUT2D eigenvalue weighted by atomic mass is 9.43. The molecule has 0 radical (unpaired) electrons. The molecule has 0 amide bonds. The number of rotatable bonds is 5. The molecule has 1 heterocycles. The molecule has 6 aliphatic rings. The first-order valence-corrected chi connectivity index (χ1v) is 12.2. The molecule has 1 spiro atoms. The molecule has 5 saturated carbocycles. The van der Waals surface area contributed by atoms with E-state index in [9.17, 15) is 15.3 Å². The molecule has 6 fully saturated rings. The molecule has 0 aromatic rings. The average Bonchev–Trinajstić information content (AvgIpc) is 3.14. The molecular formula is C24H39NO6. The van der Waals surface area contributed by atoms with Crippen LogP contribution in [0.5, 0.6) is 0 Å². The normalized spacial score (nSPS) is 61.6. The number of methoxy groups -OCH3 is 3. The number of fused-ring (bicyclic) bond motifs is 2. The van der Waals surface area contributed by atoms with Crippen molar-refractivity contribution in [3.8, 4) is 0 Å². The maximum Gasteiger partial charge on any atom is 0.0796 e. The third kappa shape index (κ3) is 2.12. The molecule has 13 atom stereocenters. The SMILES string of the molecule is CCN1C[C@]2(COC)CC[C@H](OC)[C@@]34[C@@H]5C[C@H]6[C@H](O)[C@@H]5[C@](O)(C[C@@H]6OC)[C@@H]([C@@H](O)[C@H]23)[C@@H]14. The summed E-state index contributed by atoms with van der Waals surface area (Å²) in [6, 6.07) is 0.0561. The maximum atomic E-state index is 12.4. The zero-order chi connectivity index (χ0) is 21.9. The molecule has 176 valence electrons. The van der Waals surface area contributed by atoms with Gasteiger partial charge in [-0.25, -0.2) is 0 Å². The molecule has 7 nitrogen and oxygen atoms in total. The monoisotopic (exact) mass is 437 g/mol. The van der Waals surface area contributed by atoms with Crippen molar-refractivity contribution in [2.45, 2.75) is 68.7 Å². The second-order valence-electron chi connectivity index (χ2n) is 11.6. The molecule has 0 aromatic carbocycles. The highest BCUT2D eigenvalue weighted by atomic mass is 16.5. The lowest BCUT2D eigenvalue weighted by molar-refractivity contribution is -0.276. The molecule has 7 bridgehead atoms. The fourth-order valence-corrected chi connectivity index (χ4v) is 10.7. The smallest absolute Gasteiger partial charge is 0.0796 e. The first kappa shape index (κ1) is 21.3. The Balaban J connectivity index is 1.62. The fourth-order valence-electron chi connectivity index (χ4n) is 10.7. The topological polar surface area (TPSA) is 91.6 Å². The third-order valence-electron chi connectivity index (χ3n) is 11.1. The van der Waals surface area contributed by atoms with E-state index in [1.165, 1.54) is 0 Å². The van der Waals surface area contributed by atoms with Crippen LogP contribution < -0.4 is 0 Å². The molecule has 1 aliphatic heterocycles. The van der Waals surface area contributed by atoms with Gasteiger partial charge in [-0.2, -0.15) is 0 Å². The molecule has 5 aliphatic carbocycles. The molecule has 7 heteroatoms. The van der Waals surface area contributed by atoms with E-state index in [0.717, 1.165) is 32.4 Å². The quantitative estimate of drug-likeness (QED) is 0.577. The van der Waals surface area contributed by atoms with E-state index < -0.39 is 17.8 Å². The standard InChI is InChI=1S/C24H39NO6/c1-5-25-10-22(11-29-2)7-6-15(31-4)24-13-8-12-14(30-3)9-23(28,16(13)18(12)26)17(21(24)25)19(27)20(22)24/h12-21,26-28H,5-11H2,1-4H3/t12-,13-,14+,15+,16-,17+,18+,19-,20-,21-,22+,23-,24+/m1/s1. The van der Waals surface area contributed by atoms with Crippen molar-refractivity contribution in [1.82, 2.24) is 4.90 Å². The minimum Gasteiger partial charge on any atom is -0.392 e. The van der Waals surface area contributed by atoms with Crippen LogP contribution in [0.4, 0.5) is 0 Å². The first-order chi connectivity index (χ1) is 14.9. The molecule has 1 saturated heterocycles. The molecule has 6 rings (SSSR count). The molecule has 0 aromatic heterocycles. The summed E-state index contributed by atoms with van der Waals surface area (Å²) in [5.74, 6) is -0.366. The minimum absolute atomic E-state index is 0.0167. The van der Waals surface area contributed by atoms with Crippen LogP contribution in [0.3, 0.4) is 0 Å². The number of nitrogens with zero attached hydrogens (tertiary/aromatic N) is 1. The Morgan fingerprint density at radius 3 is 2.48 bits per heavy atom. The summed E-state index contributed by atoms with van der Waals surface area (Å²) in [4.78, 5) is 2.52. The Hall–Kier alpha value is -0.280. The van der Waals surface area contributed by atoms with Gasteiger partial charge in [0.05, 0.1) is 36.6 Å². The van der Waals surface area contributed by atoms with Crippen LogP contribution in [0, 0.1) is 40.4 Å². The van der Waals surface area contributed by atoms with Crippen molar-refractivity contribution in [2.24, 2.45) is 40.4 Å². The summed E-state index contributed by atoms with van der Waals surface area (Å²) in [5, 5.41) is 35.9. The van der Waals surface area contributed by atoms with E-state index in [2.05, 4.69) is 11.8 Å². The van der Waals surface area contributed by atoms with Gasteiger partial charge in [0.15, 0.2) is 0 Å². The molecule has 0 unspecified atom stereocenters. The van der Waals surface area contributed by atoms with Crippen molar-refractivity contribution in [3.05, 3.63) is 0 Å². The van der Waals surface area contributed by atoms with Gasteiger partial charge in [-0.3, -0.25) is 4.90 Å². The van der Waals surface area contributed by atoms with Crippen LogP contribution in [0.1, 0.15) is 32.6 Å². The van der Waals surface area contributed by atoms with E-state index in [4.69, 9.17) is 14.2 Å². The zero-order valence-electron chi connectivity index (χ0n) is 19.2. The molecular weight excluding hydrogens is 398 g/mol. The summed E-state index contributed by atoms with van der Waals surface area (Å²) in [7, 11) is 5.26. The van der Waals surface area contributed by atoms with Crippen molar-refractivity contribution in [3.63, 3.8) is 0 Å². The highest BCUT2D eigenvalue weighted by Crippen LogP contribution is 2.79. The summed E-state index contributed by atoms with van der Waals surface area (Å²) < 4.78 is 17.9. The van der Waals surface area contributed by atoms with Crippen LogP contribution in [0.25, 0.3) is 0 Å². The predicted octanol–water partition coefficient (Wildman–Crippen LogP) is 0.502. The second-order valence-corrected chi connectivity index (χ2v) is 11.6. The average molecular weight is 438 g/mol. The summed E-state index contributed by atoms with van der Waals surface area (Å²) in [6.07, 6.45) is 1.86. The number of aliphatic hydroxyl groups excluding tert-OH is 2. The Morgan fingerprint density at radius 2 is 1.84 bits per heavy atom. The number of likely N-dealkylation sites (tertiary alicyclic amines) is 1. The van der Waals surface area contributed by atoms with E-state index in [1.54, 1.807) is 14.2 Å². The van der Waals surface area contributed by atoms with E-state index in [1.807, 2.05) is 7.11 Å². The van der Waals surface area contributed by atoms with Gasteiger partial charge in [0.25, 0.3) is 0 Å². The molecule has 31 heavy (non-hydrogen) atoms. The van der Waals surface area contributed by atoms with Crippen LogP contribution in [-0.4, -0.2) is 97.3 Å². The Bertz CT molecular complexity index is 752. The van der Waals surface area contributed by atoms with E-state index in [-0.39, 0.29) is 58.7 Å². The van der Waals surface area contributed by atoms with E-state index in [0.29, 0.717) is 13.0 Å². The minimum atomic E-state index is -1.13. The van der Waals surface area contributed by atoms with Gasteiger partial charge < -0.3 is 29.5 Å². The Morgan fingerprint density at radius 1 is 1.06 bits per heavy atom. The lowest BCUT2D eigenvalue weighted by Gasteiger charge is -2.69. The van der Waals surface area contributed by atoms with Crippen molar-refractivity contribution in [1.29, 1.82) is 0 Å². The number of hydrogen-bond donors (Lipinski definition) is 3. The summed E-state index contributed by atoms with van der Waals surface area (Å²) in [6.45, 7) is 4.57. The maximum absolute atomic E-state index is 12.4. The van der Waals surface area contributed by atoms with Gasteiger partial charge in [-0.1, -0.05) is 6.92 Å². The first-order valence-electron chi connectivity index (χ1n) is 12.2. The van der Waals surface area contributed by atoms with Gasteiger partial charge in [-0.05, 0) is 31.7 Å². The van der Waals surface area contributed by atoms with Gasteiger partial charge in [-0.15, -0.1) is 0 Å². The largest absolute Gasteiger partial charge is 0.392 e. The van der Waals surface area contributed by atoms with Crippen LogP contribution in [0.15, 0.2) is 0 Å². The van der Waals surface area contributed by atoms with Gasteiger partial charge in [0.2, 0.25) is 0 Å². The summed E-state index contributed by atoms with van der Waals surface area (Å²) in [5.41, 5.74) is -1.55. The highest BCUT2D eigenvalue weighted by Gasteiger charge is 2.86. The number of aliphatic hydroxyl groups is 3. The zero-order valence-corrected chi connectivity index (χ0v) is 19.2. The fraction of sp³-hybridized carbons (Fsp3) is 1.00. The highest BCUT2D eigenvalue weighted by molar-refractivity contribution is 5.35. The Kier molecular flexibility index (Phi) is 4.56. The second kappa shape index (κ2) is 6.65. The summed E-state index contributed by atoms with van der Waals surface area (Å²) >= 11 is 0. The van der Waals surface area contributed by atoms with Crippen molar-refractivity contribution in [2.75, 3.05) is 41.0 Å². The van der Waals surface area contributed by atoms with Gasteiger partial charge in [0, 0.05) is 74.8 Å². The third-order valence-corrected chi connectivity index (χ3v) is 11.1. The van der Waals surface area contributed by atoms with Crippen LogP contribution in [-0.2, 0) is 14.2 Å². The van der Waals surface area contributed by atoms with Crippen LogP contribution in [0.2, 0.25) is 0 Å². The van der Waals surface area contributed by atoms with Gasteiger partial charge >= 0.3 is 0 Å². The molecule has 3 N–H and O–H groups in total. The van der Waals surface area contributed by atoms with Crippen molar-refractivity contribution < 1.29 is 29.5 Å². The Labute approximate surface area is 185 Å². The van der Waals surface area contributed by atoms with E-state index >= 15 is 0 Å². The number of piperidine rings is 1.